The highest BCUT2D eigenvalue weighted by atomic mass is 16.6. The van der Waals surface area contributed by atoms with Gasteiger partial charge in [-0.1, -0.05) is 145 Å². The Labute approximate surface area is 713 Å². The van der Waals surface area contributed by atoms with Crippen molar-refractivity contribution in [2.75, 3.05) is 34.8 Å². The van der Waals surface area contributed by atoms with Crippen molar-refractivity contribution in [3.8, 4) is 11.6 Å². The predicted octanol–water partition coefficient (Wildman–Crippen LogP) is 12.4. The van der Waals surface area contributed by atoms with E-state index in [1.54, 1.807) is 114 Å². The zero-order valence-electron chi connectivity index (χ0n) is 75.7. The van der Waals surface area contributed by atoms with Crippen LogP contribution in [0.2, 0.25) is 0 Å². The Balaban J connectivity index is 0.00000124. The molecule has 3 N–H and O–H groups in total. The Hall–Kier alpha value is -9.51. The molecule has 0 radical (unpaired) electrons. The van der Waals surface area contributed by atoms with Gasteiger partial charge in [-0.05, 0) is 144 Å². The van der Waals surface area contributed by atoms with Gasteiger partial charge >= 0.3 is 0 Å². The maximum atomic E-state index is 15.1. The summed E-state index contributed by atoms with van der Waals surface area (Å²) < 4.78 is 9.66. The van der Waals surface area contributed by atoms with Crippen LogP contribution < -0.4 is 10.6 Å². The van der Waals surface area contributed by atoms with Gasteiger partial charge in [-0.3, -0.25) is 52.7 Å². The molecule has 6 amide bonds. The Kier molecular flexibility index (Phi) is 45.1. The van der Waals surface area contributed by atoms with Crippen molar-refractivity contribution in [2.45, 2.75) is 289 Å². The molecule has 0 aromatic carbocycles. The Morgan fingerprint density at radius 3 is 1.54 bits per heavy atom. The number of carbonyl (C=O) groups is 11. The SMILES string of the molecule is C/C=C/C[C@@H](C)[C@@H](O)[C@@H]1CC(=O)[C@H](C(C)C)N(C)C(=O)[C@H](CC(C)C)CC(=O)[C@H](CC(C)C)N(C)C(=O)[C@@H](C)NC(=O)[C@H](C)CC(=O)[C@H](CC(C)C)N(C)C(=O)[C@H](C(C)C)CC(=O)[C@H]([C@@H](C)OCCC/C=N/OCc2ccc(-n3cccn3)nc2)N(C)C(=O)CCC(=O)[C@H](CC)NC1=O.CC(C)CCC/C=N/OCc1ccc(-n2cccn2)nc1. The fraction of sp³-hybridized carbons (Fsp3) is 0.659. The number of unbranched alkanes of at least 4 members (excludes halogenated alkanes) is 2. The first kappa shape index (κ1) is 103. The van der Waals surface area contributed by atoms with E-state index < -0.39 is 167 Å². The Bertz CT molecular complexity index is 3920. The van der Waals surface area contributed by atoms with Gasteiger partial charge in [0.2, 0.25) is 35.4 Å². The Morgan fingerprint density at radius 2 is 1.07 bits per heavy atom. The summed E-state index contributed by atoms with van der Waals surface area (Å²) in [7, 11) is 5.89. The van der Waals surface area contributed by atoms with Crippen LogP contribution in [0, 0.1) is 65.1 Å². The van der Waals surface area contributed by atoms with Crippen LogP contribution in [0.1, 0.15) is 238 Å². The molecule has 1 saturated heterocycles. The van der Waals surface area contributed by atoms with Crippen LogP contribution in [0.3, 0.4) is 0 Å². The normalized spacial score (nSPS) is 22.7. The highest BCUT2D eigenvalue weighted by Crippen LogP contribution is 2.31. The lowest BCUT2D eigenvalue weighted by Gasteiger charge is -2.36. The van der Waals surface area contributed by atoms with E-state index in [9.17, 15) is 53.1 Å². The number of nitrogens with one attached hydrogen (secondary N) is 2. The molecule has 120 heavy (non-hydrogen) atoms. The monoisotopic (exact) mass is 1670 g/mol. The van der Waals surface area contributed by atoms with E-state index in [0.717, 1.165) is 35.7 Å². The number of nitrogens with zero attached hydrogens (tertiary/aromatic N) is 12. The van der Waals surface area contributed by atoms with Crippen molar-refractivity contribution in [1.29, 1.82) is 0 Å². The first-order valence-electron chi connectivity index (χ1n) is 43.1. The number of oxime groups is 2. The van der Waals surface area contributed by atoms with Crippen LogP contribution in [-0.2, 0) is 80.4 Å². The summed E-state index contributed by atoms with van der Waals surface area (Å²) in [5.74, 6) is -9.98. The minimum atomic E-state index is -1.40. The summed E-state index contributed by atoms with van der Waals surface area (Å²) in [5.41, 5.74) is 1.78. The maximum Gasteiger partial charge on any atom is 0.245 e. The number of pyridine rings is 2. The third kappa shape index (κ3) is 33.8. The molecule has 0 unspecified atom stereocenters. The average molecular weight is 1670 g/mol. The number of aliphatic hydroxyl groups excluding tert-OH is 1. The molecule has 4 aromatic heterocycles. The zero-order chi connectivity index (χ0) is 89.6. The fourth-order valence-electron chi connectivity index (χ4n) is 14.8. The molecule has 5 rings (SSSR count). The number of hydrogen-bond donors (Lipinski definition) is 3. The number of ketones is 5. The number of rotatable bonds is 31. The summed E-state index contributed by atoms with van der Waals surface area (Å²) in [4.78, 5) is 186. The van der Waals surface area contributed by atoms with Gasteiger partial charge in [0.25, 0.3) is 0 Å². The summed E-state index contributed by atoms with van der Waals surface area (Å²) in [6.45, 7) is 33.6. The molecule has 29 nitrogen and oxygen atoms in total. The Morgan fingerprint density at radius 1 is 0.550 bits per heavy atom. The average Bonchev–Trinajstić information content (AvgIpc) is 0.995. The second-order valence-corrected chi connectivity index (χ2v) is 34.7. The summed E-state index contributed by atoms with van der Waals surface area (Å²) in [5, 5.41) is 33.9. The van der Waals surface area contributed by atoms with Crippen LogP contribution in [0.4, 0.5) is 0 Å². The second-order valence-electron chi connectivity index (χ2n) is 34.7. The molecular formula is C91H142N14O15. The van der Waals surface area contributed by atoms with Crippen LogP contribution in [0.5, 0.6) is 0 Å². The molecule has 29 heteroatoms. The molecule has 5 heterocycles. The highest BCUT2D eigenvalue weighted by molar-refractivity contribution is 5.99. The smallest absolute Gasteiger partial charge is 0.245 e. The molecule has 0 saturated carbocycles. The van der Waals surface area contributed by atoms with Gasteiger partial charge in [-0.15, -0.1) is 0 Å². The van der Waals surface area contributed by atoms with Gasteiger partial charge in [0.05, 0.1) is 42.3 Å². The molecular weight excluding hydrogens is 1530 g/mol. The first-order valence-corrected chi connectivity index (χ1v) is 43.1. The summed E-state index contributed by atoms with van der Waals surface area (Å²) in [6.07, 6.45) is 18.2. The van der Waals surface area contributed by atoms with Crippen molar-refractivity contribution >= 4 is 76.8 Å². The van der Waals surface area contributed by atoms with Crippen LogP contribution in [0.25, 0.3) is 11.6 Å². The molecule has 1 aliphatic rings. The van der Waals surface area contributed by atoms with Crippen molar-refractivity contribution in [3.63, 3.8) is 0 Å². The van der Waals surface area contributed by atoms with Gasteiger partial charge in [0.1, 0.15) is 25.3 Å². The zero-order valence-corrected chi connectivity index (χ0v) is 75.7. The third-order valence-corrected chi connectivity index (χ3v) is 21.9. The second kappa shape index (κ2) is 52.6. The highest BCUT2D eigenvalue weighted by Gasteiger charge is 2.44. The van der Waals surface area contributed by atoms with E-state index >= 15 is 4.79 Å². The van der Waals surface area contributed by atoms with Crippen molar-refractivity contribution in [2.24, 2.45) is 75.4 Å². The molecule has 0 spiro atoms. The molecule has 13 atom stereocenters. The lowest BCUT2D eigenvalue weighted by atomic mass is 9.82. The number of Topliss-reactive ketones (excluding diaryl/α,β-unsaturated/α-hetero) is 5. The number of ether oxygens (including phenoxy) is 1. The van der Waals surface area contributed by atoms with Gasteiger partial charge in [-0.2, -0.15) is 10.2 Å². The number of hydrogen-bond acceptors (Lipinski definition) is 21. The predicted molar refractivity (Wildman–Crippen MR) is 464 cm³/mol. The summed E-state index contributed by atoms with van der Waals surface area (Å²) in [6, 6.07) is 4.42. The number of amides is 6. The van der Waals surface area contributed by atoms with Crippen molar-refractivity contribution in [1.82, 2.24) is 59.8 Å². The van der Waals surface area contributed by atoms with Crippen LogP contribution >= 0.6 is 0 Å². The molecule has 0 bridgehead atoms. The summed E-state index contributed by atoms with van der Waals surface area (Å²) >= 11 is 0. The van der Waals surface area contributed by atoms with Gasteiger partial charge < -0.3 is 49.8 Å². The molecule has 4 aromatic rings. The number of aromatic nitrogens is 6. The number of carbonyl (C=O) groups excluding carboxylic acids is 11. The van der Waals surface area contributed by atoms with Gasteiger partial charge in [0, 0.05) is 152 Å². The minimum Gasteiger partial charge on any atom is -0.392 e. The quantitative estimate of drug-likeness (QED) is 0.0182. The first-order chi connectivity index (χ1) is 56.7. The van der Waals surface area contributed by atoms with E-state index in [1.807, 2.05) is 97.3 Å². The molecule has 1 aliphatic heterocycles. The van der Waals surface area contributed by atoms with E-state index in [1.165, 1.54) is 61.1 Å². The molecule has 666 valence electrons. The number of aliphatic hydroxyl groups is 1. The minimum absolute atomic E-state index is 0.0700. The van der Waals surface area contributed by atoms with Crippen LogP contribution in [-0.4, -0.2) is 214 Å². The van der Waals surface area contributed by atoms with Crippen LogP contribution in [0.15, 0.2) is 96.0 Å². The number of likely N-dealkylation sites (N-methyl/N-ethyl adjacent to an activating group) is 4. The van der Waals surface area contributed by atoms with E-state index in [0.29, 0.717) is 31.7 Å². The third-order valence-electron chi connectivity index (χ3n) is 21.9. The molecule has 1 fully saturated rings. The largest absolute Gasteiger partial charge is 0.392 e. The fourth-order valence-corrected chi connectivity index (χ4v) is 14.8. The number of allylic oxidation sites excluding steroid dienone is 2. The van der Waals surface area contributed by atoms with E-state index in [4.69, 9.17) is 14.4 Å². The topological polar surface area (TPSA) is 359 Å². The van der Waals surface area contributed by atoms with E-state index in [-0.39, 0.29) is 82.3 Å². The standard InChI is InChI=1S/C75H120N10O14.C16H22N4O/c1-21-23-27-50(13)70(92)57-42-64(89)68(49(11)12)84(20)74(96)55(36-45(3)4)40-63(88)60(38-47(7)8)81(17)73(95)52(15)79-71(93)51(14)39-62(87)59(37-46(5)6)82(18)75(97)56(48(9)10)41-65(90)69(83(19)67(91)31-29-61(86)58(22-2)80-72(57)94)53(16)98-35-25-24-33-78-99-44-54-28-30-66(76-43-54)85-34-26-32-77-85;1-14(2)6-3-4-10-19-21-13-15-7-8-16(17-12-15)20-11-5-9-18-20/h21,23,26,28,30,32-34,43,45-53,55-60,68-70,92H,22,24-25,27,29,31,35-42,44H2,1-20H3,(H,79,93)(H,80,94);5,7-12,14H,3-4,6,13H2,1-2H3/b23-21+,78-33+;19-10+/t50-,51-,52-,53-,55-,56+,57+,58+,59+,60+,68+,69+,70-;/m1./s1. The van der Waals surface area contributed by atoms with Gasteiger partial charge in [0.15, 0.2) is 40.6 Å². The molecule has 0 aliphatic carbocycles. The van der Waals surface area contributed by atoms with Gasteiger partial charge in [-0.25, -0.2) is 19.3 Å². The van der Waals surface area contributed by atoms with Crippen molar-refractivity contribution in [3.05, 3.63) is 96.9 Å². The van der Waals surface area contributed by atoms with Crippen molar-refractivity contribution < 1.29 is 72.3 Å². The lowest BCUT2D eigenvalue weighted by Crippen LogP contribution is -2.53. The van der Waals surface area contributed by atoms with E-state index in [2.05, 4.69) is 55.0 Å². The maximum absolute atomic E-state index is 15.1. The lowest BCUT2D eigenvalue weighted by molar-refractivity contribution is -0.148.